The Morgan fingerprint density at radius 2 is 2.57 bits per heavy atom. The van der Waals surface area contributed by atoms with Crippen molar-refractivity contribution in [2.45, 2.75) is 6.92 Å². The van der Waals surface area contributed by atoms with E-state index in [1.54, 1.807) is 19.1 Å². The molecule has 0 spiro atoms. The van der Waals surface area contributed by atoms with Gasteiger partial charge in [0.25, 0.3) is 5.56 Å². The maximum atomic E-state index is 11.3. The summed E-state index contributed by atoms with van der Waals surface area (Å²) in [5.74, 6) is 0. The third-order valence-corrected chi connectivity index (χ3v) is 1.60. The summed E-state index contributed by atoms with van der Waals surface area (Å²) in [5.41, 5.74) is 0.261. The molecule has 0 aliphatic rings. The standard InChI is InChI=1S/C10H10N2O2/c1-2-14-7-8(6-11)9-4-3-5-12-10(9)13/h3-5,7H,2H2,1H3,(H,12,13)/b8-7-. The van der Waals surface area contributed by atoms with E-state index in [0.29, 0.717) is 12.2 Å². The van der Waals surface area contributed by atoms with Crippen LogP contribution >= 0.6 is 0 Å². The number of ether oxygens (including phenoxy) is 1. The van der Waals surface area contributed by atoms with Crippen LogP contribution < -0.4 is 5.56 Å². The largest absolute Gasteiger partial charge is 0.500 e. The second kappa shape index (κ2) is 4.87. The molecule has 0 saturated heterocycles. The van der Waals surface area contributed by atoms with Crippen LogP contribution in [0.2, 0.25) is 0 Å². The third-order valence-electron chi connectivity index (χ3n) is 1.60. The van der Waals surface area contributed by atoms with E-state index in [4.69, 9.17) is 10.00 Å². The Balaban J connectivity index is 3.09. The molecule has 4 nitrogen and oxygen atoms in total. The molecule has 0 aromatic carbocycles. The highest BCUT2D eigenvalue weighted by molar-refractivity contribution is 5.75. The van der Waals surface area contributed by atoms with Gasteiger partial charge < -0.3 is 9.72 Å². The Labute approximate surface area is 81.5 Å². The van der Waals surface area contributed by atoms with E-state index in [1.165, 1.54) is 12.5 Å². The van der Waals surface area contributed by atoms with Crippen molar-refractivity contribution in [2.24, 2.45) is 0 Å². The van der Waals surface area contributed by atoms with Gasteiger partial charge in [0.15, 0.2) is 0 Å². The molecule has 0 bridgehead atoms. The zero-order valence-electron chi connectivity index (χ0n) is 7.78. The highest BCUT2D eigenvalue weighted by atomic mass is 16.5. The molecule has 0 aliphatic carbocycles. The number of nitrogens with zero attached hydrogens (tertiary/aromatic N) is 1. The lowest BCUT2D eigenvalue weighted by Gasteiger charge is -1.97. The molecule has 0 amide bonds. The summed E-state index contributed by atoms with van der Waals surface area (Å²) in [5, 5.41) is 8.78. The Morgan fingerprint density at radius 1 is 1.79 bits per heavy atom. The highest BCUT2D eigenvalue weighted by Crippen LogP contribution is 2.07. The fourth-order valence-electron chi connectivity index (χ4n) is 0.950. The maximum Gasteiger partial charge on any atom is 0.256 e. The summed E-state index contributed by atoms with van der Waals surface area (Å²) < 4.78 is 4.96. The first kappa shape index (κ1) is 10.1. The number of hydrogen-bond donors (Lipinski definition) is 1. The lowest BCUT2D eigenvalue weighted by Crippen LogP contribution is -2.09. The molecule has 1 N–H and O–H groups in total. The first-order chi connectivity index (χ1) is 6.79. The molecule has 14 heavy (non-hydrogen) atoms. The second-order valence-corrected chi connectivity index (χ2v) is 2.51. The number of aromatic nitrogens is 1. The number of hydrogen-bond acceptors (Lipinski definition) is 3. The van der Waals surface area contributed by atoms with E-state index in [9.17, 15) is 4.79 Å². The smallest absolute Gasteiger partial charge is 0.256 e. The Kier molecular flexibility index (Phi) is 3.50. The molecule has 0 unspecified atom stereocenters. The summed E-state index contributed by atoms with van der Waals surface area (Å²) in [6.45, 7) is 2.27. The van der Waals surface area contributed by atoms with Crippen LogP contribution in [0, 0.1) is 11.3 Å². The molecule has 1 heterocycles. The quantitative estimate of drug-likeness (QED) is 0.576. The molecule has 1 aromatic rings. The summed E-state index contributed by atoms with van der Waals surface area (Å²) >= 11 is 0. The van der Waals surface area contributed by atoms with Crippen molar-refractivity contribution >= 4 is 5.57 Å². The molecule has 0 fully saturated rings. The summed E-state index contributed by atoms with van der Waals surface area (Å²) in [6.07, 6.45) is 2.81. The minimum absolute atomic E-state index is 0.230. The van der Waals surface area contributed by atoms with Crippen molar-refractivity contribution in [3.8, 4) is 6.07 Å². The number of allylic oxidation sites excluding steroid dienone is 1. The monoisotopic (exact) mass is 190 g/mol. The van der Waals surface area contributed by atoms with Crippen LogP contribution in [-0.4, -0.2) is 11.6 Å². The minimum atomic E-state index is -0.292. The van der Waals surface area contributed by atoms with Crippen molar-refractivity contribution < 1.29 is 4.74 Å². The number of nitriles is 1. The Morgan fingerprint density at radius 3 is 3.14 bits per heavy atom. The van der Waals surface area contributed by atoms with Crippen molar-refractivity contribution in [3.63, 3.8) is 0 Å². The number of nitrogens with one attached hydrogen (secondary N) is 1. The van der Waals surface area contributed by atoms with E-state index < -0.39 is 0 Å². The third kappa shape index (κ3) is 2.23. The van der Waals surface area contributed by atoms with Crippen molar-refractivity contribution in [1.82, 2.24) is 4.98 Å². The SMILES string of the molecule is CCO/C=C(/C#N)c1ccc[nH]c1=O. The van der Waals surface area contributed by atoms with Crippen molar-refractivity contribution in [1.29, 1.82) is 5.26 Å². The highest BCUT2D eigenvalue weighted by Gasteiger charge is 2.04. The van der Waals surface area contributed by atoms with Gasteiger partial charge in [0.1, 0.15) is 12.3 Å². The van der Waals surface area contributed by atoms with Crippen LogP contribution in [0.25, 0.3) is 5.57 Å². The molecule has 4 heteroatoms. The van der Waals surface area contributed by atoms with Gasteiger partial charge in [-0.3, -0.25) is 4.79 Å². The van der Waals surface area contributed by atoms with E-state index in [-0.39, 0.29) is 11.1 Å². The van der Waals surface area contributed by atoms with Gasteiger partial charge >= 0.3 is 0 Å². The van der Waals surface area contributed by atoms with Gasteiger partial charge in [-0.15, -0.1) is 0 Å². The van der Waals surface area contributed by atoms with Crippen LogP contribution in [0.5, 0.6) is 0 Å². The molecule has 0 saturated carbocycles. The lowest BCUT2D eigenvalue weighted by atomic mass is 10.1. The van der Waals surface area contributed by atoms with Crippen LogP contribution in [0.4, 0.5) is 0 Å². The van der Waals surface area contributed by atoms with Gasteiger partial charge in [-0.05, 0) is 19.1 Å². The van der Waals surface area contributed by atoms with Crippen molar-refractivity contribution in [3.05, 3.63) is 40.5 Å². The number of aromatic amines is 1. The lowest BCUT2D eigenvalue weighted by molar-refractivity contribution is 0.271. The van der Waals surface area contributed by atoms with Gasteiger partial charge in [-0.2, -0.15) is 5.26 Å². The van der Waals surface area contributed by atoms with E-state index in [0.717, 1.165) is 0 Å². The fraction of sp³-hybridized carbons (Fsp3) is 0.200. The van der Waals surface area contributed by atoms with Gasteiger partial charge in [0, 0.05) is 6.20 Å². The summed E-state index contributed by atoms with van der Waals surface area (Å²) in [4.78, 5) is 13.8. The predicted molar refractivity (Wildman–Crippen MR) is 52.3 cm³/mol. The molecule has 1 rings (SSSR count). The summed E-state index contributed by atoms with van der Waals surface area (Å²) in [7, 11) is 0. The minimum Gasteiger partial charge on any atom is -0.500 e. The van der Waals surface area contributed by atoms with Crippen LogP contribution in [-0.2, 0) is 4.74 Å². The normalized spacial score (nSPS) is 10.7. The van der Waals surface area contributed by atoms with Crippen LogP contribution in [0.1, 0.15) is 12.5 Å². The van der Waals surface area contributed by atoms with Gasteiger partial charge in [-0.1, -0.05) is 0 Å². The Bertz CT molecular complexity index is 426. The second-order valence-electron chi connectivity index (χ2n) is 2.51. The average molecular weight is 190 g/mol. The average Bonchev–Trinajstić information content (AvgIpc) is 2.21. The number of rotatable bonds is 3. The molecule has 72 valence electrons. The number of pyridine rings is 1. The van der Waals surface area contributed by atoms with Crippen molar-refractivity contribution in [2.75, 3.05) is 6.61 Å². The van der Waals surface area contributed by atoms with Crippen LogP contribution in [0.3, 0.4) is 0 Å². The fourth-order valence-corrected chi connectivity index (χ4v) is 0.950. The Hall–Kier alpha value is -2.02. The molecular weight excluding hydrogens is 180 g/mol. The molecule has 0 atom stereocenters. The van der Waals surface area contributed by atoms with Gasteiger partial charge in [0.05, 0.1) is 17.7 Å². The molecule has 0 aliphatic heterocycles. The van der Waals surface area contributed by atoms with E-state index in [2.05, 4.69) is 4.98 Å². The maximum absolute atomic E-state index is 11.3. The van der Waals surface area contributed by atoms with Gasteiger partial charge in [-0.25, -0.2) is 0 Å². The first-order valence-electron chi connectivity index (χ1n) is 4.19. The summed E-state index contributed by atoms with van der Waals surface area (Å²) in [6, 6.07) is 5.15. The van der Waals surface area contributed by atoms with E-state index >= 15 is 0 Å². The topological polar surface area (TPSA) is 65.9 Å². The predicted octanol–water partition coefficient (Wildman–Crippen LogP) is 1.28. The molecule has 1 aromatic heterocycles. The van der Waals surface area contributed by atoms with Crippen LogP contribution in [0.15, 0.2) is 29.4 Å². The number of H-pyrrole nitrogens is 1. The van der Waals surface area contributed by atoms with Gasteiger partial charge in [0.2, 0.25) is 0 Å². The zero-order valence-corrected chi connectivity index (χ0v) is 7.78. The first-order valence-corrected chi connectivity index (χ1v) is 4.19. The zero-order chi connectivity index (χ0) is 10.4. The molecule has 0 radical (unpaired) electrons. The molecular formula is C10H10N2O2. The van der Waals surface area contributed by atoms with E-state index in [1.807, 2.05) is 6.07 Å².